The van der Waals surface area contributed by atoms with Gasteiger partial charge in [0, 0.05) is 29.3 Å². The first kappa shape index (κ1) is 16.6. The van der Waals surface area contributed by atoms with Crippen LogP contribution in [0.25, 0.3) is 0 Å². The molecule has 1 fully saturated rings. The van der Waals surface area contributed by atoms with E-state index in [1.807, 2.05) is 0 Å². The van der Waals surface area contributed by atoms with Gasteiger partial charge in [0.05, 0.1) is 6.10 Å². The lowest BCUT2D eigenvalue weighted by Crippen LogP contribution is -2.29. The Morgan fingerprint density at radius 1 is 1.39 bits per heavy atom. The second-order valence-electron chi connectivity index (χ2n) is 6.87. The molecule has 3 rings (SSSR count). The number of rotatable bonds is 6. The van der Waals surface area contributed by atoms with Gasteiger partial charge in [0.25, 0.3) is 0 Å². The molecule has 2 aromatic rings. The lowest BCUT2D eigenvalue weighted by Gasteiger charge is -2.18. The zero-order chi connectivity index (χ0) is 16.4. The van der Waals surface area contributed by atoms with Crippen LogP contribution in [0.15, 0.2) is 17.5 Å². The number of aromatic nitrogens is 3. The number of nitrogens with zero attached hydrogens (tertiary/aromatic N) is 2. The highest BCUT2D eigenvalue weighted by atomic mass is 32.1. The Bertz CT molecular complexity index is 610. The van der Waals surface area contributed by atoms with Gasteiger partial charge in [0.2, 0.25) is 0 Å². The summed E-state index contributed by atoms with van der Waals surface area (Å²) in [5, 5.41) is 23.4. The van der Waals surface area contributed by atoms with E-state index in [4.69, 9.17) is 0 Å². The van der Waals surface area contributed by atoms with Gasteiger partial charge >= 0.3 is 0 Å². The smallest absolute Gasteiger partial charge is 0.153 e. The van der Waals surface area contributed by atoms with Gasteiger partial charge in [-0.25, -0.2) is 4.98 Å². The lowest BCUT2D eigenvalue weighted by molar-refractivity contribution is 0.129. The van der Waals surface area contributed by atoms with Crippen molar-refractivity contribution in [3.8, 4) is 0 Å². The fourth-order valence-corrected chi connectivity index (χ4v) is 4.00. The van der Waals surface area contributed by atoms with Crippen LogP contribution in [0.1, 0.15) is 68.0 Å². The number of aromatic amines is 1. The highest BCUT2D eigenvalue weighted by molar-refractivity contribution is 7.10. The van der Waals surface area contributed by atoms with Crippen LogP contribution in [0.4, 0.5) is 0 Å². The molecule has 0 bridgehead atoms. The third-order valence-corrected chi connectivity index (χ3v) is 5.79. The predicted molar refractivity (Wildman–Crippen MR) is 92.7 cm³/mol. The Morgan fingerprint density at radius 2 is 2.22 bits per heavy atom. The largest absolute Gasteiger partial charge is 0.393 e. The van der Waals surface area contributed by atoms with Crippen molar-refractivity contribution in [2.75, 3.05) is 6.54 Å². The number of thiophene rings is 1. The number of H-pyrrole nitrogens is 1. The summed E-state index contributed by atoms with van der Waals surface area (Å²) >= 11 is 1.77. The van der Waals surface area contributed by atoms with Crippen molar-refractivity contribution in [1.82, 2.24) is 20.5 Å². The first-order valence-corrected chi connectivity index (χ1v) is 9.29. The van der Waals surface area contributed by atoms with Crippen molar-refractivity contribution in [2.45, 2.75) is 57.6 Å². The van der Waals surface area contributed by atoms with Crippen LogP contribution in [-0.4, -0.2) is 32.9 Å². The third-order valence-electron chi connectivity index (χ3n) is 4.74. The number of hydrogen-bond acceptors (Lipinski definition) is 5. The molecule has 0 aromatic carbocycles. The van der Waals surface area contributed by atoms with Crippen molar-refractivity contribution in [2.24, 2.45) is 5.92 Å². The minimum atomic E-state index is -0.268. The molecule has 2 aromatic heterocycles. The van der Waals surface area contributed by atoms with Gasteiger partial charge in [0.1, 0.15) is 5.82 Å². The maximum Gasteiger partial charge on any atom is 0.153 e. The van der Waals surface area contributed by atoms with Crippen LogP contribution in [0.5, 0.6) is 0 Å². The summed E-state index contributed by atoms with van der Waals surface area (Å²) in [4.78, 5) is 5.94. The van der Waals surface area contributed by atoms with Crippen molar-refractivity contribution < 1.29 is 5.11 Å². The summed E-state index contributed by atoms with van der Waals surface area (Å²) in [7, 11) is 0. The maximum atomic E-state index is 10.4. The van der Waals surface area contributed by atoms with Gasteiger partial charge in [-0.15, -0.1) is 11.3 Å². The van der Waals surface area contributed by atoms with Crippen LogP contribution in [-0.2, 0) is 0 Å². The van der Waals surface area contributed by atoms with E-state index in [1.165, 1.54) is 4.88 Å². The summed E-state index contributed by atoms with van der Waals surface area (Å²) in [6, 6.07) is 4.56. The fourth-order valence-electron chi connectivity index (χ4n) is 3.24. The minimum Gasteiger partial charge on any atom is -0.393 e. The molecule has 6 heteroatoms. The average Bonchev–Trinajstić information content (AvgIpc) is 3.25. The Kier molecular flexibility index (Phi) is 5.14. The lowest BCUT2D eigenvalue weighted by atomic mass is 10.0. The molecule has 1 aliphatic rings. The number of aliphatic hydroxyl groups is 1. The van der Waals surface area contributed by atoms with Gasteiger partial charge in [-0.05, 0) is 37.1 Å². The highest BCUT2D eigenvalue weighted by Crippen LogP contribution is 2.37. The molecule has 5 nitrogen and oxygen atoms in total. The molecule has 4 atom stereocenters. The van der Waals surface area contributed by atoms with E-state index in [0.717, 1.165) is 31.0 Å². The quantitative estimate of drug-likeness (QED) is 0.758. The van der Waals surface area contributed by atoms with Crippen LogP contribution in [0.3, 0.4) is 0 Å². The van der Waals surface area contributed by atoms with E-state index in [1.54, 1.807) is 11.3 Å². The molecule has 0 aliphatic heterocycles. The van der Waals surface area contributed by atoms with E-state index >= 15 is 0 Å². The van der Waals surface area contributed by atoms with Crippen LogP contribution in [0.2, 0.25) is 0 Å². The maximum absolute atomic E-state index is 10.4. The number of nitrogens with one attached hydrogen (secondary N) is 2. The molecule has 0 amide bonds. The van der Waals surface area contributed by atoms with Gasteiger partial charge in [-0.3, -0.25) is 5.10 Å². The zero-order valence-corrected chi connectivity index (χ0v) is 14.8. The minimum absolute atomic E-state index is 0.268. The van der Waals surface area contributed by atoms with E-state index < -0.39 is 0 Å². The second kappa shape index (κ2) is 7.11. The molecule has 1 unspecified atom stereocenters. The first-order chi connectivity index (χ1) is 11.0. The molecule has 1 saturated carbocycles. The normalized spacial score (nSPS) is 26.0. The summed E-state index contributed by atoms with van der Waals surface area (Å²) in [5.41, 5.74) is 0. The molecule has 0 saturated heterocycles. The van der Waals surface area contributed by atoms with Crippen LogP contribution < -0.4 is 5.32 Å². The molecule has 0 spiro atoms. The van der Waals surface area contributed by atoms with E-state index in [-0.39, 0.29) is 17.9 Å². The summed E-state index contributed by atoms with van der Waals surface area (Å²) < 4.78 is 0. The molecule has 1 aliphatic carbocycles. The molecule has 3 N–H and O–H groups in total. The number of hydrogen-bond donors (Lipinski definition) is 3. The Hall–Kier alpha value is -1.24. The SMILES string of the molecule is CC(C)c1n[nH]c([C@H]2C[C@H](CNC(C)c3cccs3)[C@H](O)C2)n1. The van der Waals surface area contributed by atoms with Crippen LogP contribution >= 0.6 is 11.3 Å². The fraction of sp³-hybridized carbons (Fsp3) is 0.647. The Morgan fingerprint density at radius 3 is 2.87 bits per heavy atom. The summed E-state index contributed by atoms with van der Waals surface area (Å²) in [6.07, 6.45) is 1.46. The Labute approximate surface area is 141 Å². The highest BCUT2D eigenvalue weighted by Gasteiger charge is 2.35. The monoisotopic (exact) mass is 334 g/mol. The van der Waals surface area contributed by atoms with Crippen molar-refractivity contribution in [3.05, 3.63) is 34.0 Å². The molecule has 23 heavy (non-hydrogen) atoms. The first-order valence-electron chi connectivity index (χ1n) is 8.41. The molecular formula is C17H26N4OS. The second-order valence-corrected chi connectivity index (χ2v) is 7.85. The van der Waals surface area contributed by atoms with Crippen molar-refractivity contribution in [1.29, 1.82) is 0 Å². The van der Waals surface area contributed by atoms with E-state index in [2.05, 4.69) is 58.8 Å². The summed E-state index contributed by atoms with van der Waals surface area (Å²) in [6.45, 7) is 7.20. The topological polar surface area (TPSA) is 73.8 Å². The Balaban J connectivity index is 1.55. The van der Waals surface area contributed by atoms with Gasteiger partial charge in [-0.1, -0.05) is 19.9 Å². The van der Waals surface area contributed by atoms with Crippen molar-refractivity contribution in [3.63, 3.8) is 0 Å². The molecular weight excluding hydrogens is 308 g/mol. The molecule has 126 valence electrons. The zero-order valence-electron chi connectivity index (χ0n) is 14.0. The van der Waals surface area contributed by atoms with Gasteiger partial charge in [-0.2, -0.15) is 5.10 Å². The number of aliphatic hydroxyl groups excluding tert-OH is 1. The van der Waals surface area contributed by atoms with E-state index in [9.17, 15) is 5.11 Å². The van der Waals surface area contributed by atoms with Crippen LogP contribution in [0, 0.1) is 5.92 Å². The van der Waals surface area contributed by atoms with Gasteiger partial charge < -0.3 is 10.4 Å². The third kappa shape index (κ3) is 3.82. The molecule has 0 radical (unpaired) electrons. The van der Waals surface area contributed by atoms with Gasteiger partial charge in [0.15, 0.2) is 5.82 Å². The van der Waals surface area contributed by atoms with Crippen molar-refractivity contribution >= 4 is 11.3 Å². The molecule has 2 heterocycles. The average molecular weight is 334 g/mol. The standard InChI is InChI=1S/C17H26N4OS/c1-10(2)16-19-17(21-20-16)12-7-13(14(22)8-12)9-18-11(3)15-5-4-6-23-15/h4-6,10-14,18,22H,7-9H2,1-3H3,(H,19,20,21)/t11?,12-,13+,14+/m0/s1. The summed E-state index contributed by atoms with van der Waals surface area (Å²) in [5.74, 6) is 2.68. The van der Waals surface area contributed by atoms with E-state index in [0.29, 0.717) is 12.0 Å². The predicted octanol–water partition coefficient (Wildman–Crippen LogP) is 3.19.